The number of rotatable bonds is 5. The van der Waals surface area contributed by atoms with Gasteiger partial charge in [-0.05, 0) is 17.7 Å². The minimum absolute atomic E-state index is 0.199. The fourth-order valence-electron chi connectivity index (χ4n) is 3.61. The molecule has 3 aromatic heterocycles. The van der Waals surface area contributed by atoms with Gasteiger partial charge in [0.1, 0.15) is 0 Å². The monoisotopic (exact) mass is 450 g/mol. The number of benzene rings is 1. The molecule has 5 rings (SSSR count). The van der Waals surface area contributed by atoms with Gasteiger partial charge in [-0.1, -0.05) is 12.1 Å². The van der Waals surface area contributed by atoms with Crippen molar-refractivity contribution < 1.29 is 8.95 Å². The summed E-state index contributed by atoms with van der Waals surface area (Å²) in [5.41, 5.74) is 8.84. The van der Waals surface area contributed by atoms with Crippen molar-refractivity contribution in [1.29, 1.82) is 0 Å². The predicted molar refractivity (Wildman–Crippen MR) is 122 cm³/mol. The van der Waals surface area contributed by atoms with Gasteiger partial charge in [0.25, 0.3) is 0 Å². The van der Waals surface area contributed by atoms with Crippen LogP contribution in [0.1, 0.15) is 5.56 Å². The van der Waals surface area contributed by atoms with E-state index >= 15 is 0 Å². The first-order chi connectivity index (χ1) is 15.6. The number of morpholine rings is 1. The van der Waals surface area contributed by atoms with Crippen molar-refractivity contribution in [1.82, 2.24) is 29.5 Å². The number of hydrogen-bond donors (Lipinski definition) is 1. The molecule has 1 atom stereocenters. The zero-order valence-electron chi connectivity index (χ0n) is 17.5. The van der Waals surface area contributed by atoms with Crippen LogP contribution in [-0.2, 0) is 22.1 Å². The van der Waals surface area contributed by atoms with E-state index in [9.17, 15) is 4.21 Å². The molecule has 0 spiro atoms. The zero-order chi connectivity index (χ0) is 22.1. The van der Waals surface area contributed by atoms with Crippen LogP contribution in [0.5, 0.6) is 0 Å². The fraction of sp³-hybridized carbons (Fsp3) is 0.286. The molecule has 10 nitrogen and oxygen atoms in total. The third kappa shape index (κ3) is 4.04. The van der Waals surface area contributed by atoms with Crippen LogP contribution in [0.2, 0.25) is 0 Å². The summed E-state index contributed by atoms with van der Waals surface area (Å²) in [5, 5.41) is 0. The van der Waals surface area contributed by atoms with Crippen LogP contribution in [0.3, 0.4) is 0 Å². The van der Waals surface area contributed by atoms with Crippen LogP contribution >= 0.6 is 0 Å². The van der Waals surface area contributed by atoms with Gasteiger partial charge in [0.05, 0.1) is 31.6 Å². The van der Waals surface area contributed by atoms with Crippen molar-refractivity contribution >= 4 is 33.7 Å². The van der Waals surface area contributed by atoms with Gasteiger partial charge < -0.3 is 19.9 Å². The maximum Gasteiger partial charge on any atom is 0.219 e. The lowest BCUT2D eigenvalue weighted by atomic mass is 10.2. The molecule has 1 fully saturated rings. The topological polar surface area (TPSA) is 125 Å². The Labute approximate surface area is 187 Å². The van der Waals surface area contributed by atoms with Gasteiger partial charge in [0, 0.05) is 47.4 Å². The fourth-order valence-corrected chi connectivity index (χ4v) is 4.13. The van der Waals surface area contributed by atoms with E-state index in [4.69, 9.17) is 20.4 Å². The van der Waals surface area contributed by atoms with Gasteiger partial charge in [0.2, 0.25) is 5.95 Å². The van der Waals surface area contributed by atoms with E-state index in [2.05, 4.69) is 19.9 Å². The Hall–Kier alpha value is -3.44. The molecule has 0 amide bonds. The van der Waals surface area contributed by atoms with Crippen LogP contribution in [-0.4, -0.2) is 66.3 Å². The molecule has 1 aliphatic heterocycles. The van der Waals surface area contributed by atoms with E-state index < -0.39 is 10.8 Å². The molecule has 1 aliphatic rings. The summed E-state index contributed by atoms with van der Waals surface area (Å²) >= 11 is 0. The Balaban J connectivity index is 1.59. The highest BCUT2D eigenvalue weighted by molar-refractivity contribution is 7.84. The molecule has 1 aromatic carbocycles. The van der Waals surface area contributed by atoms with Crippen molar-refractivity contribution in [3.05, 3.63) is 48.5 Å². The number of ether oxygens (including phenoxy) is 1. The first-order valence-electron chi connectivity index (χ1n) is 10.1. The lowest BCUT2D eigenvalue weighted by Gasteiger charge is -2.28. The van der Waals surface area contributed by atoms with Gasteiger partial charge in [-0.3, -0.25) is 4.21 Å². The van der Waals surface area contributed by atoms with Gasteiger partial charge in [-0.25, -0.2) is 24.9 Å². The summed E-state index contributed by atoms with van der Waals surface area (Å²) in [7, 11) is -1.01. The Morgan fingerprint density at radius 1 is 1.06 bits per heavy atom. The maximum atomic E-state index is 11.7. The van der Waals surface area contributed by atoms with E-state index in [0.717, 1.165) is 40.5 Å². The van der Waals surface area contributed by atoms with E-state index in [1.807, 2.05) is 28.8 Å². The average molecular weight is 451 g/mol. The summed E-state index contributed by atoms with van der Waals surface area (Å²) < 4.78 is 19.2. The van der Waals surface area contributed by atoms with Gasteiger partial charge in [-0.15, -0.1) is 0 Å². The molecule has 164 valence electrons. The highest BCUT2D eigenvalue weighted by Crippen LogP contribution is 2.27. The summed E-state index contributed by atoms with van der Waals surface area (Å²) in [6.45, 7) is 3.30. The summed E-state index contributed by atoms with van der Waals surface area (Å²) in [6.07, 6.45) is 6.69. The van der Waals surface area contributed by atoms with Crippen LogP contribution in [0.15, 0.2) is 47.9 Å². The van der Waals surface area contributed by atoms with Gasteiger partial charge >= 0.3 is 0 Å². The second kappa shape index (κ2) is 8.60. The van der Waals surface area contributed by atoms with Crippen molar-refractivity contribution in [3.8, 4) is 11.4 Å². The number of fused-ring (bicyclic) bond motifs is 1. The van der Waals surface area contributed by atoms with Crippen LogP contribution < -0.4 is 10.6 Å². The summed E-state index contributed by atoms with van der Waals surface area (Å²) in [5.74, 6) is 1.47. The first kappa shape index (κ1) is 20.5. The van der Waals surface area contributed by atoms with Crippen LogP contribution in [0.25, 0.3) is 22.6 Å². The highest BCUT2D eigenvalue weighted by atomic mass is 32.2. The minimum atomic E-state index is -1.01. The molecule has 0 saturated carbocycles. The molecular weight excluding hydrogens is 428 g/mol. The predicted octanol–water partition coefficient (Wildman–Crippen LogP) is 1.49. The van der Waals surface area contributed by atoms with Crippen LogP contribution in [0, 0.1) is 0 Å². The molecule has 1 unspecified atom stereocenters. The van der Waals surface area contributed by atoms with E-state index in [1.165, 1.54) is 0 Å². The third-order valence-electron chi connectivity index (χ3n) is 5.29. The molecule has 0 aliphatic carbocycles. The maximum absolute atomic E-state index is 11.7. The van der Waals surface area contributed by atoms with E-state index in [-0.39, 0.29) is 5.95 Å². The number of nitrogen functional groups attached to an aromatic ring is 1. The Kier molecular flexibility index (Phi) is 5.50. The lowest BCUT2D eigenvalue weighted by molar-refractivity contribution is 0.122. The van der Waals surface area contributed by atoms with Crippen molar-refractivity contribution in [2.24, 2.45) is 0 Å². The zero-order valence-corrected chi connectivity index (χ0v) is 18.3. The van der Waals surface area contributed by atoms with E-state index in [1.54, 1.807) is 25.0 Å². The first-order valence-corrected chi connectivity index (χ1v) is 11.7. The molecule has 4 aromatic rings. The Morgan fingerprint density at radius 3 is 2.47 bits per heavy atom. The molecule has 1 saturated heterocycles. The third-order valence-corrected chi connectivity index (χ3v) is 6.23. The minimum Gasteiger partial charge on any atom is -0.378 e. The molecule has 0 bridgehead atoms. The Bertz CT molecular complexity index is 1270. The van der Waals surface area contributed by atoms with Gasteiger partial charge in [0.15, 0.2) is 22.8 Å². The van der Waals surface area contributed by atoms with Crippen molar-refractivity contribution in [3.63, 3.8) is 0 Å². The number of anilines is 2. The second-order valence-corrected chi connectivity index (χ2v) is 8.82. The average Bonchev–Trinajstić information content (AvgIpc) is 3.22. The molecular formula is C21H22N8O2S. The number of hydrogen-bond acceptors (Lipinski definition) is 9. The largest absolute Gasteiger partial charge is 0.378 e. The smallest absolute Gasteiger partial charge is 0.219 e. The molecule has 0 radical (unpaired) electrons. The van der Waals surface area contributed by atoms with Crippen molar-refractivity contribution in [2.45, 2.75) is 11.4 Å². The summed E-state index contributed by atoms with van der Waals surface area (Å²) in [4.78, 5) is 25.4. The quantitative estimate of drug-likeness (QED) is 0.481. The molecule has 32 heavy (non-hydrogen) atoms. The number of nitrogens with zero attached hydrogens (tertiary/aromatic N) is 7. The number of imidazole rings is 1. The lowest BCUT2D eigenvalue weighted by Crippen LogP contribution is -2.37. The Morgan fingerprint density at radius 2 is 1.78 bits per heavy atom. The van der Waals surface area contributed by atoms with Crippen molar-refractivity contribution in [2.75, 3.05) is 43.2 Å². The van der Waals surface area contributed by atoms with Crippen LogP contribution in [0.4, 0.5) is 11.8 Å². The normalized spacial score (nSPS) is 15.2. The molecule has 11 heteroatoms. The number of aromatic nitrogens is 6. The van der Waals surface area contributed by atoms with Gasteiger partial charge in [-0.2, -0.15) is 0 Å². The molecule has 2 N–H and O–H groups in total. The SMILES string of the molecule is CS(=O)c1ccc(Cn2cnc3c(N4CCOCC4)nc(-c4cnc(N)nc4)nc32)cc1. The summed E-state index contributed by atoms with van der Waals surface area (Å²) in [6, 6.07) is 7.72. The second-order valence-electron chi connectivity index (χ2n) is 7.44. The standard InChI is InChI=1S/C21H22N8O2S/c1-32(30)16-4-2-14(3-5-16)12-29-13-25-17-19(28-6-8-31-9-7-28)26-18(27-20(17)29)15-10-23-21(22)24-11-15/h2-5,10-11,13H,6-9,12H2,1H3,(H2,22,23,24). The number of nitrogens with two attached hydrogens (primary N) is 1. The highest BCUT2D eigenvalue weighted by Gasteiger charge is 2.21. The van der Waals surface area contributed by atoms with E-state index in [0.29, 0.717) is 31.1 Å². The molecule has 4 heterocycles.